The molecular formula is C19H20ClNO3. The summed E-state index contributed by atoms with van der Waals surface area (Å²) in [6.45, 7) is 1.36. The molecule has 1 saturated heterocycles. The van der Waals surface area contributed by atoms with Gasteiger partial charge in [-0.2, -0.15) is 0 Å². The fourth-order valence-corrected chi connectivity index (χ4v) is 2.75. The Labute approximate surface area is 146 Å². The van der Waals surface area contributed by atoms with Crippen LogP contribution >= 0.6 is 11.6 Å². The van der Waals surface area contributed by atoms with Crippen molar-refractivity contribution in [1.82, 2.24) is 0 Å². The Bertz CT molecular complexity index is 681. The van der Waals surface area contributed by atoms with Crippen molar-refractivity contribution in [2.24, 2.45) is 0 Å². The van der Waals surface area contributed by atoms with Gasteiger partial charge in [0.25, 0.3) is 0 Å². The zero-order valence-electron chi connectivity index (χ0n) is 13.3. The zero-order valence-corrected chi connectivity index (χ0v) is 14.1. The van der Waals surface area contributed by atoms with Crippen LogP contribution in [-0.2, 0) is 16.0 Å². The average Bonchev–Trinajstić information content (AvgIpc) is 3.09. The molecule has 0 spiro atoms. The van der Waals surface area contributed by atoms with Crippen LogP contribution in [0.15, 0.2) is 48.5 Å². The molecule has 5 heteroatoms. The smallest absolute Gasteiger partial charge is 0.228 e. The Kier molecular flexibility index (Phi) is 5.72. The molecule has 1 amide bonds. The van der Waals surface area contributed by atoms with Gasteiger partial charge in [-0.05, 0) is 42.7 Å². The van der Waals surface area contributed by atoms with Crippen molar-refractivity contribution >= 4 is 23.2 Å². The van der Waals surface area contributed by atoms with Crippen LogP contribution in [0.4, 0.5) is 5.69 Å². The van der Waals surface area contributed by atoms with Gasteiger partial charge in [-0.1, -0.05) is 29.8 Å². The van der Waals surface area contributed by atoms with Gasteiger partial charge in [-0.3, -0.25) is 4.79 Å². The maximum Gasteiger partial charge on any atom is 0.228 e. The van der Waals surface area contributed by atoms with Crippen molar-refractivity contribution in [1.29, 1.82) is 0 Å². The summed E-state index contributed by atoms with van der Waals surface area (Å²) in [4.78, 5) is 12.1. The van der Waals surface area contributed by atoms with E-state index < -0.39 is 0 Å². The third-order valence-corrected chi connectivity index (χ3v) is 4.11. The van der Waals surface area contributed by atoms with Gasteiger partial charge in [0.05, 0.1) is 12.5 Å². The highest BCUT2D eigenvalue weighted by molar-refractivity contribution is 6.30. The van der Waals surface area contributed by atoms with Gasteiger partial charge < -0.3 is 14.8 Å². The first-order chi connectivity index (χ1) is 11.7. The molecule has 2 aromatic rings. The van der Waals surface area contributed by atoms with Crippen molar-refractivity contribution in [2.75, 3.05) is 18.5 Å². The van der Waals surface area contributed by atoms with Crippen molar-refractivity contribution in [3.05, 3.63) is 59.1 Å². The van der Waals surface area contributed by atoms with Crippen molar-refractivity contribution < 1.29 is 14.3 Å². The highest BCUT2D eigenvalue weighted by Gasteiger charge is 2.16. The minimum Gasteiger partial charge on any atom is -0.491 e. The molecular weight excluding hydrogens is 326 g/mol. The number of anilines is 1. The van der Waals surface area contributed by atoms with Gasteiger partial charge in [0, 0.05) is 23.4 Å². The molecule has 0 saturated carbocycles. The SMILES string of the molecule is O=C(Cc1ccc(Cl)cc1)Nc1cccc(OC[C@@H]2CCCO2)c1. The molecule has 0 radical (unpaired) electrons. The van der Waals surface area contributed by atoms with Crippen LogP contribution in [0.5, 0.6) is 5.75 Å². The molecule has 0 unspecified atom stereocenters. The number of ether oxygens (including phenoxy) is 2. The lowest BCUT2D eigenvalue weighted by molar-refractivity contribution is -0.115. The summed E-state index contributed by atoms with van der Waals surface area (Å²) in [6, 6.07) is 14.7. The molecule has 0 aromatic heterocycles. The Hall–Kier alpha value is -2.04. The molecule has 0 aliphatic carbocycles. The molecule has 1 atom stereocenters. The normalized spacial score (nSPS) is 16.8. The van der Waals surface area contributed by atoms with Gasteiger partial charge in [-0.15, -0.1) is 0 Å². The van der Waals surface area contributed by atoms with E-state index in [0.717, 1.165) is 36.4 Å². The number of amides is 1. The van der Waals surface area contributed by atoms with E-state index in [0.29, 0.717) is 18.1 Å². The van der Waals surface area contributed by atoms with Crippen LogP contribution in [0.2, 0.25) is 5.02 Å². The van der Waals surface area contributed by atoms with E-state index in [1.54, 1.807) is 12.1 Å². The molecule has 1 aliphatic heterocycles. The molecule has 3 rings (SSSR count). The van der Waals surface area contributed by atoms with Crippen LogP contribution in [0, 0.1) is 0 Å². The number of hydrogen-bond acceptors (Lipinski definition) is 3. The van der Waals surface area contributed by atoms with Gasteiger partial charge >= 0.3 is 0 Å². The Morgan fingerprint density at radius 3 is 2.83 bits per heavy atom. The second kappa shape index (κ2) is 8.18. The molecule has 1 fully saturated rings. The highest BCUT2D eigenvalue weighted by Crippen LogP contribution is 2.20. The number of carbonyl (C=O) groups excluding carboxylic acids is 1. The number of nitrogens with one attached hydrogen (secondary N) is 1. The van der Waals surface area contributed by atoms with E-state index in [1.807, 2.05) is 36.4 Å². The van der Waals surface area contributed by atoms with Crippen molar-refractivity contribution in [3.63, 3.8) is 0 Å². The second-order valence-corrected chi connectivity index (χ2v) is 6.26. The van der Waals surface area contributed by atoms with Crippen LogP contribution in [0.1, 0.15) is 18.4 Å². The Balaban J connectivity index is 1.53. The van der Waals surface area contributed by atoms with Crippen LogP contribution in [0.3, 0.4) is 0 Å². The molecule has 2 aromatic carbocycles. The maximum atomic E-state index is 12.1. The summed E-state index contributed by atoms with van der Waals surface area (Å²) in [5, 5.41) is 3.55. The lowest BCUT2D eigenvalue weighted by atomic mass is 10.1. The quantitative estimate of drug-likeness (QED) is 0.858. The predicted molar refractivity (Wildman–Crippen MR) is 94.7 cm³/mol. The summed E-state index contributed by atoms with van der Waals surface area (Å²) in [5.41, 5.74) is 1.64. The van der Waals surface area contributed by atoms with E-state index in [9.17, 15) is 4.79 Å². The molecule has 1 N–H and O–H groups in total. The van der Waals surface area contributed by atoms with Gasteiger partial charge in [-0.25, -0.2) is 0 Å². The first-order valence-corrected chi connectivity index (χ1v) is 8.45. The highest BCUT2D eigenvalue weighted by atomic mass is 35.5. The number of rotatable bonds is 6. The molecule has 1 heterocycles. The first kappa shape index (κ1) is 16.8. The fraction of sp³-hybridized carbons (Fsp3) is 0.316. The average molecular weight is 346 g/mol. The summed E-state index contributed by atoms with van der Waals surface area (Å²) >= 11 is 5.85. The Morgan fingerprint density at radius 2 is 2.08 bits per heavy atom. The number of benzene rings is 2. The summed E-state index contributed by atoms with van der Waals surface area (Å²) in [6.07, 6.45) is 2.61. The number of halogens is 1. The van der Waals surface area contributed by atoms with Crippen LogP contribution in [-0.4, -0.2) is 25.2 Å². The minimum absolute atomic E-state index is 0.0754. The van der Waals surface area contributed by atoms with Crippen LogP contribution in [0.25, 0.3) is 0 Å². The van der Waals surface area contributed by atoms with E-state index in [4.69, 9.17) is 21.1 Å². The maximum absolute atomic E-state index is 12.1. The van der Waals surface area contributed by atoms with E-state index >= 15 is 0 Å². The number of carbonyl (C=O) groups is 1. The fourth-order valence-electron chi connectivity index (χ4n) is 2.62. The van der Waals surface area contributed by atoms with Gasteiger partial charge in [0.1, 0.15) is 12.4 Å². The van der Waals surface area contributed by atoms with Crippen LogP contribution < -0.4 is 10.1 Å². The van der Waals surface area contributed by atoms with E-state index in [1.165, 1.54) is 0 Å². The largest absolute Gasteiger partial charge is 0.491 e. The van der Waals surface area contributed by atoms with Crippen molar-refractivity contribution in [3.8, 4) is 5.75 Å². The third kappa shape index (κ3) is 4.98. The van der Waals surface area contributed by atoms with Gasteiger partial charge in [0.15, 0.2) is 0 Å². The second-order valence-electron chi connectivity index (χ2n) is 5.83. The standard InChI is InChI=1S/C19H20ClNO3/c20-15-8-6-14(7-9-15)11-19(22)21-16-3-1-4-17(12-16)24-13-18-5-2-10-23-18/h1,3-4,6-9,12,18H,2,5,10-11,13H2,(H,21,22)/t18-/m0/s1. The summed E-state index contributed by atoms with van der Waals surface area (Å²) < 4.78 is 11.3. The topological polar surface area (TPSA) is 47.6 Å². The summed E-state index contributed by atoms with van der Waals surface area (Å²) in [7, 11) is 0. The summed E-state index contributed by atoms with van der Waals surface area (Å²) in [5.74, 6) is 0.656. The van der Waals surface area contributed by atoms with Crippen molar-refractivity contribution in [2.45, 2.75) is 25.4 Å². The lowest BCUT2D eigenvalue weighted by Crippen LogP contribution is -2.17. The molecule has 0 bridgehead atoms. The molecule has 4 nitrogen and oxygen atoms in total. The lowest BCUT2D eigenvalue weighted by Gasteiger charge is -2.12. The molecule has 126 valence electrons. The third-order valence-electron chi connectivity index (χ3n) is 3.86. The number of hydrogen-bond donors (Lipinski definition) is 1. The zero-order chi connectivity index (χ0) is 16.8. The van der Waals surface area contributed by atoms with Gasteiger partial charge in [0.2, 0.25) is 5.91 Å². The molecule has 24 heavy (non-hydrogen) atoms. The monoisotopic (exact) mass is 345 g/mol. The Morgan fingerprint density at radius 1 is 1.25 bits per heavy atom. The minimum atomic E-state index is -0.0754. The molecule has 1 aliphatic rings. The predicted octanol–water partition coefficient (Wildman–Crippen LogP) is 4.08. The first-order valence-electron chi connectivity index (χ1n) is 8.08. The van der Waals surface area contributed by atoms with E-state index in [2.05, 4.69) is 5.32 Å². The van der Waals surface area contributed by atoms with E-state index in [-0.39, 0.29) is 12.0 Å².